The monoisotopic (exact) mass is 622 g/mol. The number of hydrogen-bond acceptors (Lipinski definition) is 5. The highest BCUT2D eigenvalue weighted by atomic mass is 35.5. The van der Waals surface area contributed by atoms with E-state index < -0.39 is 22.9 Å². The minimum atomic E-state index is -1.47. The molecule has 7 nitrogen and oxygen atoms in total. The predicted molar refractivity (Wildman–Crippen MR) is 151 cm³/mol. The molecule has 3 aromatic carbocycles. The molecule has 0 atom stereocenters. The SMILES string of the molecule is O=C(O)c1ccc(-c2cc3c(-c4c(Cl)c(Cl)c(Cl)c(Cl)c4C(=O)O)c4cc(Cl)c(O)cc4oc-3cc2=O)cc1. The van der Waals surface area contributed by atoms with Gasteiger partial charge in [0.25, 0.3) is 0 Å². The van der Waals surface area contributed by atoms with Gasteiger partial charge in [-0.15, -0.1) is 0 Å². The lowest BCUT2D eigenvalue weighted by Crippen LogP contribution is -2.08. The molecule has 2 aliphatic rings. The average Bonchev–Trinajstić information content (AvgIpc) is 2.89. The van der Waals surface area contributed by atoms with Crippen LogP contribution < -0.4 is 5.43 Å². The summed E-state index contributed by atoms with van der Waals surface area (Å²) in [5.74, 6) is -2.91. The maximum atomic E-state index is 13.1. The zero-order valence-electron chi connectivity index (χ0n) is 19.0. The quantitative estimate of drug-likeness (QED) is 0.104. The second-order valence-corrected chi connectivity index (χ2v) is 10.2. The normalized spacial score (nSPS) is 11.3. The molecule has 3 aromatic rings. The highest BCUT2D eigenvalue weighted by molar-refractivity contribution is 6.54. The Labute approximate surface area is 243 Å². The molecule has 12 heteroatoms. The highest BCUT2D eigenvalue weighted by Gasteiger charge is 2.30. The third-order valence-electron chi connectivity index (χ3n) is 6.06. The molecular weight excluding hydrogens is 614 g/mol. The summed E-state index contributed by atoms with van der Waals surface area (Å²) in [6.45, 7) is 0. The molecule has 1 aliphatic heterocycles. The Kier molecular flexibility index (Phi) is 6.91. The summed E-state index contributed by atoms with van der Waals surface area (Å²) in [4.78, 5) is 36.8. The molecule has 5 rings (SSSR count). The summed E-state index contributed by atoms with van der Waals surface area (Å²) in [5, 5.41) is 28.6. The lowest BCUT2D eigenvalue weighted by molar-refractivity contribution is 0.0686. The number of phenolic OH excluding ortho intramolecular Hbond substituents is 1. The van der Waals surface area contributed by atoms with Crippen molar-refractivity contribution in [1.29, 1.82) is 0 Å². The number of carboxylic acid groups (broad SMARTS) is 2. The first-order valence-electron chi connectivity index (χ1n) is 10.8. The predicted octanol–water partition coefficient (Wildman–Crippen LogP) is 8.60. The summed E-state index contributed by atoms with van der Waals surface area (Å²) in [6.07, 6.45) is 0. The second-order valence-electron chi connectivity index (χ2n) is 8.31. The number of rotatable bonds is 4. The van der Waals surface area contributed by atoms with Crippen molar-refractivity contribution in [3.63, 3.8) is 0 Å². The van der Waals surface area contributed by atoms with Gasteiger partial charge in [-0.3, -0.25) is 4.79 Å². The van der Waals surface area contributed by atoms with E-state index in [4.69, 9.17) is 62.4 Å². The first-order chi connectivity index (χ1) is 18.4. The van der Waals surface area contributed by atoms with Crippen LogP contribution in [0.15, 0.2) is 57.7 Å². The van der Waals surface area contributed by atoms with E-state index >= 15 is 0 Å². The Hall–Kier alpha value is -3.46. The van der Waals surface area contributed by atoms with Gasteiger partial charge in [0.05, 0.1) is 36.2 Å². The molecule has 0 unspecified atom stereocenters. The first-order valence-corrected chi connectivity index (χ1v) is 12.7. The van der Waals surface area contributed by atoms with Gasteiger partial charge in [-0.25, -0.2) is 9.59 Å². The summed E-state index contributed by atoms with van der Waals surface area (Å²) in [6, 6.07) is 10.8. The van der Waals surface area contributed by atoms with Gasteiger partial charge in [0.1, 0.15) is 17.1 Å². The van der Waals surface area contributed by atoms with Gasteiger partial charge < -0.3 is 19.7 Å². The number of aromatic carboxylic acids is 2. The minimum Gasteiger partial charge on any atom is -0.506 e. The van der Waals surface area contributed by atoms with Crippen LogP contribution in [0.4, 0.5) is 0 Å². The van der Waals surface area contributed by atoms with Crippen molar-refractivity contribution in [3.05, 3.63) is 95.0 Å². The topological polar surface area (TPSA) is 125 Å². The number of aromatic hydroxyl groups is 1. The van der Waals surface area contributed by atoms with E-state index in [0.29, 0.717) is 5.56 Å². The Morgan fingerprint density at radius 2 is 1.36 bits per heavy atom. The number of phenols is 1. The van der Waals surface area contributed by atoms with Crippen molar-refractivity contribution in [2.75, 3.05) is 0 Å². The van der Waals surface area contributed by atoms with E-state index in [-0.39, 0.29) is 75.4 Å². The van der Waals surface area contributed by atoms with Crippen LogP contribution in [0.25, 0.3) is 44.5 Å². The number of fused-ring (bicyclic) bond motifs is 2. The Morgan fingerprint density at radius 1 is 0.718 bits per heavy atom. The number of hydrogen-bond donors (Lipinski definition) is 3. The molecule has 1 heterocycles. The maximum absolute atomic E-state index is 13.1. The third kappa shape index (κ3) is 4.46. The molecular formula is C27H11Cl5O7. The van der Waals surface area contributed by atoms with Crippen LogP contribution in [-0.2, 0) is 0 Å². The van der Waals surface area contributed by atoms with Crippen LogP contribution in [0.2, 0.25) is 25.1 Å². The molecule has 196 valence electrons. The van der Waals surface area contributed by atoms with Crippen molar-refractivity contribution < 1.29 is 29.3 Å². The van der Waals surface area contributed by atoms with E-state index in [2.05, 4.69) is 0 Å². The summed E-state index contributed by atoms with van der Waals surface area (Å²) >= 11 is 31.6. The summed E-state index contributed by atoms with van der Waals surface area (Å²) in [7, 11) is 0. The standard InChI is InChI=1S/C27H11Cl5O7/c28-14-6-13-18(8-16(14)34)39-17-7-15(33)11(9-1-3-10(4-2-9)26(35)36)5-12(17)19(13)20-21(27(37)38)23(30)25(32)24(31)22(20)29/h1-8,34H,(H,35,36)(H,37,38). The average molecular weight is 625 g/mol. The van der Waals surface area contributed by atoms with Gasteiger partial charge in [0.15, 0.2) is 5.43 Å². The van der Waals surface area contributed by atoms with E-state index in [1.807, 2.05) is 0 Å². The van der Waals surface area contributed by atoms with Crippen molar-refractivity contribution in [2.45, 2.75) is 0 Å². The van der Waals surface area contributed by atoms with E-state index in [9.17, 15) is 29.7 Å². The van der Waals surface area contributed by atoms with Crippen molar-refractivity contribution in [1.82, 2.24) is 0 Å². The molecule has 0 saturated carbocycles. The molecule has 1 aliphatic carbocycles. The van der Waals surface area contributed by atoms with Crippen molar-refractivity contribution in [2.24, 2.45) is 0 Å². The van der Waals surface area contributed by atoms with Gasteiger partial charge in [0.2, 0.25) is 0 Å². The van der Waals surface area contributed by atoms with Crippen molar-refractivity contribution in [3.8, 4) is 39.3 Å². The molecule has 0 bridgehead atoms. The Morgan fingerprint density at radius 3 is 1.97 bits per heavy atom. The molecule has 0 radical (unpaired) electrons. The summed E-state index contributed by atoms with van der Waals surface area (Å²) < 4.78 is 5.91. The van der Waals surface area contributed by atoms with Crippen LogP contribution in [0.5, 0.6) is 5.75 Å². The second kappa shape index (κ2) is 9.93. The fraction of sp³-hybridized carbons (Fsp3) is 0. The molecule has 39 heavy (non-hydrogen) atoms. The van der Waals surface area contributed by atoms with E-state index in [1.54, 1.807) is 0 Å². The van der Waals surface area contributed by atoms with Gasteiger partial charge in [0, 0.05) is 39.8 Å². The van der Waals surface area contributed by atoms with Crippen LogP contribution in [0.1, 0.15) is 20.7 Å². The van der Waals surface area contributed by atoms with Gasteiger partial charge >= 0.3 is 11.9 Å². The van der Waals surface area contributed by atoms with Crippen LogP contribution in [0.3, 0.4) is 0 Å². The van der Waals surface area contributed by atoms with Gasteiger partial charge in [-0.2, -0.15) is 0 Å². The Bertz CT molecular complexity index is 1900. The lowest BCUT2D eigenvalue weighted by Gasteiger charge is -2.21. The minimum absolute atomic E-state index is 0.0183. The fourth-order valence-corrected chi connectivity index (χ4v) is 5.47. The zero-order chi connectivity index (χ0) is 28.3. The lowest BCUT2D eigenvalue weighted by atomic mass is 9.88. The zero-order valence-corrected chi connectivity index (χ0v) is 22.8. The number of carboxylic acids is 2. The van der Waals surface area contributed by atoms with Crippen LogP contribution >= 0.6 is 58.0 Å². The van der Waals surface area contributed by atoms with Gasteiger partial charge in [-0.1, -0.05) is 70.1 Å². The molecule has 0 fully saturated rings. The van der Waals surface area contributed by atoms with Crippen molar-refractivity contribution >= 4 is 80.9 Å². The smallest absolute Gasteiger partial charge is 0.337 e. The molecule has 3 N–H and O–H groups in total. The van der Waals surface area contributed by atoms with Crippen LogP contribution in [-0.4, -0.2) is 27.3 Å². The van der Waals surface area contributed by atoms with Crippen LogP contribution in [0, 0.1) is 0 Å². The van der Waals surface area contributed by atoms with E-state index in [1.165, 1.54) is 48.5 Å². The number of halogens is 5. The fourth-order valence-electron chi connectivity index (χ4n) is 4.28. The number of benzene rings is 4. The third-order valence-corrected chi connectivity index (χ3v) is 8.17. The highest BCUT2D eigenvalue weighted by Crippen LogP contribution is 2.51. The molecule has 0 saturated heterocycles. The largest absolute Gasteiger partial charge is 0.506 e. The maximum Gasteiger partial charge on any atom is 0.337 e. The number of carbonyl (C=O) groups is 2. The first kappa shape index (κ1) is 27.1. The molecule has 0 amide bonds. The molecule has 0 spiro atoms. The molecule has 0 aromatic heterocycles. The summed E-state index contributed by atoms with van der Waals surface area (Å²) in [5.41, 5.74) is -0.0975. The van der Waals surface area contributed by atoms with Gasteiger partial charge in [-0.05, 0) is 29.8 Å². The van der Waals surface area contributed by atoms with E-state index in [0.717, 1.165) is 0 Å². The Balaban J connectivity index is 1.99.